The van der Waals surface area contributed by atoms with Crippen molar-refractivity contribution in [2.45, 2.75) is 122 Å². The van der Waals surface area contributed by atoms with E-state index < -0.39 is 85.3 Å². The van der Waals surface area contributed by atoms with Crippen molar-refractivity contribution in [3.05, 3.63) is 117 Å². The number of nitrogens with one attached hydrogen (secondary N) is 2. The van der Waals surface area contributed by atoms with Gasteiger partial charge in [-0.25, -0.2) is 13.7 Å². The summed E-state index contributed by atoms with van der Waals surface area (Å²) in [6.45, 7) is 16.7. The zero-order chi connectivity index (χ0) is 64.7. The predicted molar refractivity (Wildman–Crippen MR) is 328 cm³/mol. The molecular formula is C56H71N7O20P3S2+. The van der Waals surface area contributed by atoms with E-state index in [1.165, 1.54) is 29.0 Å². The lowest BCUT2D eigenvalue weighted by molar-refractivity contribution is -0.437. The van der Waals surface area contributed by atoms with Crippen LogP contribution in [-0.4, -0.2) is 120 Å². The Kier molecular flexibility index (Phi) is 19.7. The fraction of sp³-hybridized carbons (Fsp3) is 0.429. The van der Waals surface area contributed by atoms with Crippen molar-refractivity contribution in [3.63, 3.8) is 0 Å². The average molecular weight is 1320 g/mol. The van der Waals surface area contributed by atoms with Gasteiger partial charge in [0.05, 0.1) is 51.8 Å². The SMILES string of the molecule is CCN1c2cc3c(cc2C(C)=CC1(C)C)C(=CC=CC=CC1=[N+](CCCS(=O)(=O)O)c2ccc(S(=O)(=O)O)cc2C1(C)CCCC(=O)NCC#Cc1cn([C@H]2CC[C@@H](COP(=O)(O)OP(=O)(O)OP(=O)(O)O)O2)c2nc(N)[nH]c(=O)c12)C=C(C(C)(C)C)O3. The molecule has 4 aliphatic heterocycles. The monoisotopic (exact) mass is 1320 g/mol. The number of rotatable bonds is 22. The summed E-state index contributed by atoms with van der Waals surface area (Å²) in [5, 5.41) is 2.75. The number of nitrogens with two attached hydrogens (primary N) is 1. The number of aromatic amines is 1. The van der Waals surface area contributed by atoms with Crippen LogP contribution in [0, 0.1) is 17.3 Å². The molecule has 8 rings (SSSR count). The Hall–Kier alpha value is -6.15. The third-order valence-corrected chi connectivity index (χ3v) is 20.6. The number of fused-ring (bicyclic) bond motifs is 4. The van der Waals surface area contributed by atoms with Gasteiger partial charge in [-0.2, -0.15) is 35.0 Å². The largest absolute Gasteiger partial charge is 0.490 e. The number of H-pyrrole nitrogens is 1. The van der Waals surface area contributed by atoms with Gasteiger partial charge in [-0.1, -0.05) is 63.0 Å². The second-order valence-corrected chi connectivity index (χ2v) is 30.6. The van der Waals surface area contributed by atoms with Gasteiger partial charge < -0.3 is 49.6 Å². The average Bonchev–Trinajstić information content (AvgIpc) is 1.42. The first kappa shape index (κ1) is 67.8. The molecule has 1 fully saturated rings. The first-order chi connectivity index (χ1) is 40.8. The molecule has 6 heterocycles. The van der Waals surface area contributed by atoms with Crippen LogP contribution in [0.1, 0.15) is 122 Å². The maximum atomic E-state index is 13.5. The van der Waals surface area contributed by atoms with Gasteiger partial charge in [0.15, 0.2) is 11.4 Å². The number of nitrogens with zero attached hydrogens (tertiary/aromatic N) is 4. The molecule has 0 aliphatic carbocycles. The molecule has 2 aromatic carbocycles. The fourth-order valence-corrected chi connectivity index (χ4v) is 15.3. The minimum absolute atomic E-state index is 0.00653. The van der Waals surface area contributed by atoms with E-state index in [0.717, 1.165) is 46.0 Å². The molecule has 0 radical (unpaired) electrons. The van der Waals surface area contributed by atoms with E-state index in [1.54, 1.807) is 6.08 Å². The van der Waals surface area contributed by atoms with Gasteiger partial charge >= 0.3 is 23.5 Å². The van der Waals surface area contributed by atoms with Crippen LogP contribution in [0.4, 0.5) is 17.3 Å². The Morgan fingerprint density at radius 3 is 2.40 bits per heavy atom. The van der Waals surface area contributed by atoms with Crippen molar-refractivity contribution in [2.24, 2.45) is 5.41 Å². The van der Waals surface area contributed by atoms with Crippen molar-refractivity contribution < 1.29 is 91.2 Å². The Morgan fingerprint density at radius 2 is 1.73 bits per heavy atom. The lowest BCUT2D eigenvalue weighted by Crippen LogP contribution is -2.45. The van der Waals surface area contributed by atoms with Crippen LogP contribution in [0.2, 0.25) is 0 Å². The molecule has 4 aromatic rings. The number of phosphoric ester groups is 1. The molecule has 1 saturated heterocycles. The van der Waals surface area contributed by atoms with E-state index in [2.05, 4.69) is 107 Å². The molecule has 4 aliphatic rings. The van der Waals surface area contributed by atoms with Crippen molar-refractivity contribution in [3.8, 4) is 17.6 Å². The van der Waals surface area contributed by atoms with Crippen molar-refractivity contribution in [1.29, 1.82) is 0 Å². The molecular weight excluding hydrogens is 1250 g/mol. The van der Waals surface area contributed by atoms with Gasteiger partial charge in [-0.15, -0.1) is 0 Å². The van der Waals surface area contributed by atoms with E-state index in [1.807, 2.05) is 41.9 Å². The number of ether oxygens (including phenoxy) is 2. The second kappa shape index (κ2) is 25.6. The summed E-state index contributed by atoms with van der Waals surface area (Å²) < 4.78 is 132. The Bertz CT molecular complexity index is 4180. The molecule has 2 aromatic heterocycles. The molecule has 32 heteroatoms. The topological polar surface area (TPSA) is 399 Å². The Labute approximate surface area is 508 Å². The highest BCUT2D eigenvalue weighted by Gasteiger charge is 2.48. The third kappa shape index (κ3) is 16.1. The Morgan fingerprint density at radius 1 is 1.00 bits per heavy atom. The summed E-state index contributed by atoms with van der Waals surface area (Å²) in [6, 6.07) is 8.40. The summed E-state index contributed by atoms with van der Waals surface area (Å²) in [7, 11) is -25.9. The van der Waals surface area contributed by atoms with E-state index >= 15 is 0 Å². The van der Waals surface area contributed by atoms with Crippen LogP contribution in [0.25, 0.3) is 22.2 Å². The van der Waals surface area contributed by atoms with Gasteiger partial charge in [0.2, 0.25) is 17.5 Å². The number of hydrogen-bond donors (Lipinski definition) is 9. The number of aromatic nitrogens is 3. The van der Waals surface area contributed by atoms with Crippen LogP contribution in [0.5, 0.6) is 5.75 Å². The zero-order valence-electron chi connectivity index (χ0n) is 49.4. The van der Waals surface area contributed by atoms with E-state index in [9.17, 15) is 59.0 Å². The minimum Gasteiger partial charge on any atom is -0.460 e. The number of allylic oxidation sites excluding steroid dienone is 9. The number of anilines is 2. The standard InChI is InChI=1S/C56H70N7O20P3S2/c1-9-63-44-31-45-41(30-40(44)35(2)32-55(63,6)7)36(28-47(81-45)54(3,4)5)16-11-10-12-18-46-56(8,42-29-39(88(76,77)78)21-22-43(42)61(46)26-15-27-87(73,74)75)24-13-19-48(64)58-25-14-17-37-33-62(51-50(37)52(65)60-53(57)59-51)49-23-20-38(80-49)34-79-85(69,70)83-86(71,72)82-84(66,67)68/h10-12,16,18,21-22,28-33,38,49H,9,13,15,19-20,23-27,34H2,1-8H3,(H9-,57,58,59,60,64,65,66,67,68,69,70,71,72,73,74,75,76,77,78)/p+1/t38-,49+,56?/m0/s1. The number of likely N-dealkylation sites (N-methyl/N-ethyl adjacent to an activating group) is 1. The highest BCUT2D eigenvalue weighted by atomic mass is 32.2. The van der Waals surface area contributed by atoms with Crippen molar-refractivity contribution in [2.75, 3.05) is 42.6 Å². The number of amides is 1. The molecule has 0 bridgehead atoms. The zero-order valence-corrected chi connectivity index (χ0v) is 53.7. The summed E-state index contributed by atoms with van der Waals surface area (Å²) in [5.41, 5.74) is 10.6. The van der Waals surface area contributed by atoms with E-state index in [0.29, 0.717) is 17.0 Å². The van der Waals surface area contributed by atoms with Crippen LogP contribution < -0.4 is 26.2 Å². The maximum Gasteiger partial charge on any atom is 0.490 e. The van der Waals surface area contributed by atoms with Gasteiger partial charge in [0, 0.05) is 71.6 Å². The number of nitrogen functional groups attached to an aromatic ring is 1. The summed E-state index contributed by atoms with van der Waals surface area (Å²) in [5.74, 6) is 5.96. The second-order valence-electron chi connectivity index (χ2n) is 23.2. The highest BCUT2D eigenvalue weighted by Crippen LogP contribution is 2.66. The number of carbonyl (C=O) groups is 1. The summed E-state index contributed by atoms with van der Waals surface area (Å²) in [4.78, 5) is 72.4. The van der Waals surface area contributed by atoms with Crippen LogP contribution >= 0.6 is 23.5 Å². The van der Waals surface area contributed by atoms with E-state index in [4.69, 9.17) is 29.5 Å². The fourth-order valence-electron chi connectivity index (χ4n) is 11.3. The van der Waals surface area contributed by atoms with Gasteiger partial charge in [0.1, 0.15) is 24.3 Å². The smallest absolute Gasteiger partial charge is 0.460 e. The lowest BCUT2D eigenvalue weighted by atomic mass is 9.75. The molecule has 5 atom stereocenters. The molecule has 1 amide bonds. The quantitative estimate of drug-likeness (QED) is 0.0118. The summed E-state index contributed by atoms with van der Waals surface area (Å²) >= 11 is 0. The van der Waals surface area contributed by atoms with Crippen LogP contribution in [0.15, 0.2) is 94.5 Å². The van der Waals surface area contributed by atoms with Gasteiger partial charge in [-0.05, 0) is 95.7 Å². The molecule has 3 unspecified atom stereocenters. The lowest BCUT2D eigenvalue weighted by Gasteiger charge is -2.43. The molecule has 88 heavy (non-hydrogen) atoms. The number of hydrogen-bond acceptors (Lipinski definition) is 17. The molecule has 27 nitrogen and oxygen atoms in total. The third-order valence-electron chi connectivity index (χ3n) is 15.1. The molecule has 476 valence electrons. The molecule has 0 spiro atoms. The van der Waals surface area contributed by atoms with E-state index in [-0.39, 0.29) is 90.0 Å². The van der Waals surface area contributed by atoms with Gasteiger partial charge in [0.25, 0.3) is 25.8 Å². The normalized spacial score (nSPS) is 21.3. The molecule has 10 N–H and O–H groups in total. The van der Waals surface area contributed by atoms with Crippen LogP contribution in [0.3, 0.4) is 0 Å². The van der Waals surface area contributed by atoms with Gasteiger partial charge in [-0.3, -0.25) is 28.2 Å². The maximum absolute atomic E-state index is 13.5. The first-order valence-corrected chi connectivity index (χ1v) is 35.3. The number of phosphoric acid groups is 3. The summed E-state index contributed by atoms with van der Waals surface area (Å²) in [6.07, 6.45) is 14.0. The van der Waals surface area contributed by atoms with Crippen molar-refractivity contribution in [1.82, 2.24) is 19.9 Å². The molecule has 0 saturated carbocycles. The number of carbonyl (C=O) groups excluding carboxylic acids is 1. The first-order valence-electron chi connectivity index (χ1n) is 27.7. The van der Waals surface area contributed by atoms with Crippen molar-refractivity contribution >= 4 is 94.8 Å². The predicted octanol–water partition coefficient (Wildman–Crippen LogP) is 8.09. The number of benzene rings is 2. The highest BCUT2D eigenvalue weighted by molar-refractivity contribution is 7.86. The van der Waals surface area contributed by atoms with Crippen LogP contribution in [-0.2, 0) is 62.0 Å². The minimum atomic E-state index is -5.76. The Balaban J connectivity index is 1.00.